The fraction of sp³-hybridized carbons (Fsp3) is 0.429. The monoisotopic (exact) mass is 591 g/mol. The van der Waals surface area contributed by atoms with Crippen LogP contribution < -0.4 is 9.47 Å². The summed E-state index contributed by atoms with van der Waals surface area (Å²) in [6, 6.07) is 25.6. The van der Waals surface area contributed by atoms with Gasteiger partial charge >= 0.3 is 5.97 Å². The molecule has 0 saturated carbocycles. The molecule has 2 N–H and O–H groups in total. The Morgan fingerprint density at radius 3 is 1.65 bits per heavy atom. The number of nitrogens with zero attached hydrogens (tertiary/aromatic N) is 1. The molecule has 8 nitrogen and oxygen atoms in total. The maximum absolute atomic E-state index is 13.1. The molecule has 0 fully saturated rings. The number of carbonyl (C=O) groups is 2. The molecule has 0 spiro atoms. The highest BCUT2D eigenvalue weighted by Crippen LogP contribution is 2.41. The van der Waals surface area contributed by atoms with E-state index in [9.17, 15) is 14.7 Å². The molecular formula is C35H45NO7. The first-order chi connectivity index (χ1) is 20.9. The number of aliphatic hydroxyl groups excluding tert-OH is 1. The van der Waals surface area contributed by atoms with Gasteiger partial charge in [0.05, 0.1) is 27.4 Å². The molecule has 3 aromatic rings. The lowest BCUT2D eigenvalue weighted by Gasteiger charge is -2.37. The first-order valence-electron chi connectivity index (χ1n) is 15.0. The summed E-state index contributed by atoms with van der Waals surface area (Å²) < 4.78 is 17.7. The topological polar surface area (TPSA) is 106 Å². The van der Waals surface area contributed by atoms with Gasteiger partial charge in [0.25, 0.3) is 0 Å². The molecule has 0 atom stereocenters. The molecule has 0 saturated heterocycles. The predicted molar refractivity (Wildman–Crippen MR) is 167 cm³/mol. The third-order valence-electron chi connectivity index (χ3n) is 7.61. The number of aliphatic hydroxyl groups is 1. The quantitative estimate of drug-likeness (QED) is 0.122. The number of aliphatic carboxylic acids is 1. The van der Waals surface area contributed by atoms with Crippen molar-refractivity contribution in [1.29, 1.82) is 0 Å². The van der Waals surface area contributed by atoms with Crippen LogP contribution in [0.2, 0.25) is 0 Å². The van der Waals surface area contributed by atoms with Gasteiger partial charge in [-0.1, -0.05) is 80.3 Å². The van der Waals surface area contributed by atoms with Crippen LogP contribution in [0.3, 0.4) is 0 Å². The van der Waals surface area contributed by atoms with E-state index in [1.807, 2.05) is 78.9 Å². The number of amides is 1. The summed E-state index contributed by atoms with van der Waals surface area (Å²) in [5.74, 6) is 0.705. The molecule has 8 heteroatoms. The van der Waals surface area contributed by atoms with Crippen LogP contribution in [-0.4, -0.2) is 67.5 Å². The number of carboxylic acid groups (broad SMARTS) is 1. The van der Waals surface area contributed by atoms with Gasteiger partial charge < -0.3 is 29.3 Å². The van der Waals surface area contributed by atoms with Crippen molar-refractivity contribution in [1.82, 2.24) is 4.90 Å². The van der Waals surface area contributed by atoms with Crippen LogP contribution in [0, 0.1) is 0 Å². The van der Waals surface area contributed by atoms with Gasteiger partial charge in [0.1, 0.15) is 17.1 Å². The van der Waals surface area contributed by atoms with Gasteiger partial charge in [-0.15, -0.1) is 0 Å². The highest BCUT2D eigenvalue weighted by Gasteiger charge is 2.38. The molecule has 3 aromatic carbocycles. The molecule has 0 aromatic heterocycles. The lowest BCUT2D eigenvalue weighted by molar-refractivity contribution is -0.137. The number of hydrogen-bond donors (Lipinski definition) is 2. The van der Waals surface area contributed by atoms with Gasteiger partial charge in [-0.05, 0) is 53.8 Å². The Kier molecular flexibility index (Phi) is 14.0. The summed E-state index contributed by atoms with van der Waals surface area (Å²) in [4.78, 5) is 25.4. The number of ether oxygens (including phenoxy) is 3. The van der Waals surface area contributed by atoms with E-state index in [1.165, 1.54) is 0 Å². The van der Waals surface area contributed by atoms with Gasteiger partial charge in [0.2, 0.25) is 5.91 Å². The summed E-state index contributed by atoms with van der Waals surface area (Å²) in [6.45, 7) is 0.675. The molecule has 0 heterocycles. The second kappa shape index (κ2) is 17.9. The molecule has 0 aliphatic heterocycles. The zero-order valence-corrected chi connectivity index (χ0v) is 25.4. The third-order valence-corrected chi connectivity index (χ3v) is 7.61. The molecule has 3 rings (SSSR count). The average molecular weight is 592 g/mol. The number of carbonyl (C=O) groups excluding carboxylic acids is 1. The van der Waals surface area contributed by atoms with E-state index in [0.29, 0.717) is 19.4 Å². The first kappa shape index (κ1) is 33.6. The van der Waals surface area contributed by atoms with Crippen LogP contribution in [0.15, 0.2) is 78.9 Å². The third kappa shape index (κ3) is 9.83. The average Bonchev–Trinajstić information content (AvgIpc) is 3.04. The van der Waals surface area contributed by atoms with Crippen LogP contribution in [0.1, 0.15) is 68.1 Å². The van der Waals surface area contributed by atoms with E-state index in [0.717, 1.165) is 60.3 Å². The van der Waals surface area contributed by atoms with E-state index in [2.05, 4.69) is 0 Å². The van der Waals surface area contributed by atoms with Gasteiger partial charge in [0, 0.05) is 25.9 Å². The predicted octanol–water partition coefficient (Wildman–Crippen LogP) is 6.04. The molecule has 232 valence electrons. The minimum absolute atomic E-state index is 0.0114. The Morgan fingerprint density at radius 1 is 0.674 bits per heavy atom. The van der Waals surface area contributed by atoms with E-state index in [1.54, 1.807) is 19.1 Å². The van der Waals surface area contributed by atoms with Crippen molar-refractivity contribution in [3.8, 4) is 11.5 Å². The lowest BCUT2D eigenvalue weighted by atomic mass is 9.80. The Labute approximate surface area is 255 Å². The van der Waals surface area contributed by atoms with Crippen molar-refractivity contribution in [2.75, 3.05) is 40.5 Å². The highest BCUT2D eigenvalue weighted by atomic mass is 16.5. The smallest absolute Gasteiger partial charge is 0.303 e. The van der Waals surface area contributed by atoms with E-state index < -0.39 is 11.6 Å². The normalized spacial score (nSPS) is 11.2. The molecule has 0 radical (unpaired) electrons. The number of methoxy groups -OCH3 is 2. The summed E-state index contributed by atoms with van der Waals surface area (Å²) >= 11 is 0. The maximum atomic E-state index is 13.1. The Bertz CT molecular complexity index is 1180. The van der Waals surface area contributed by atoms with Crippen molar-refractivity contribution in [2.24, 2.45) is 0 Å². The van der Waals surface area contributed by atoms with E-state index in [-0.39, 0.29) is 32.1 Å². The molecule has 0 aliphatic rings. The van der Waals surface area contributed by atoms with Crippen molar-refractivity contribution in [3.05, 3.63) is 95.6 Å². The number of carboxylic acids is 1. The zero-order chi connectivity index (χ0) is 30.9. The van der Waals surface area contributed by atoms with E-state index >= 15 is 0 Å². The van der Waals surface area contributed by atoms with Gasteiger partial charge in [0.15, 0.2) is 0 Å². The second-order valence-corrected chi connectivity index (χ2v) is 10.5. The van der Waals surface area contributed by atoms with Gasteiger partial charge in [-0.2, -0.15) is 0 Å². The maximum Gasteiger partial charge on any atom is 0.303 e. The van der Waals surface area contributed by atoms with Crippen molar-refractivity contribution < 1.29 is 34.0 Å². The van der Waals surface area contributed by atoms with Crippen molar-refractivity contribution >= 4 is 11.9 Å². The number of rotatable bonds is 20. The summed E-state index contributed by atoms with van der Waals surface area (Å²) in [6.07, 6.45) is 5.79. The minimum Gasteiger partial charge on any atom is -0.497 e. The molecule has 0 aliphatic carbocycles. The zero-order valence-electron chi connectivity index (χ0n) is 25.4. The number of benzene rings is 3. The highest BCUT2D eigenvalue weighted by molar-refractivity contribution is 5.76. The molecule has 0 unspecified atom stereocenters. The SMILES string of the molecule is COc1ccc(C(OCCN(CCO)C(=O)CCCCCCCCC(=O)O)(c2ccccc2)c2ccc(OC)cc2)cc1. The van der Waals surface area contributed by atoms with Crippen molar-refractivity contribution in [3.63, 3.8) is 0 Å². The van der Waals surface area contributed by atoms with Crippen LogP contribution in [0.5, 0.6) is 11.5 Å². The van der Waals surface area contributed by atoms with Crippen molar-refractivity contribution in [2.45, 2.75) is 57.0 Å². The number of hydrogen-bond acceptors (Lipinski definition) is 6. The second-order valence-electron chi connectivity index (χ2n) is 10.5. The van der Waals surface area contributed by atoms with Crippen LogP contribution in [0.4, 0.5) is 0 Å². The Morgan fingerprint density at radius 2 is 1.16 bits per heavy atom. The molecule has 0 bridgehead atoms. The number of unbranched alkanes of at least 4 members (excludes halogenated alkanes) is 5. The van der Waals surface area contributed by atoms with Gasteiger partial charge in [-0.25, -0.2) is 0 Å². The lowest BCUT2D eigenvalue weighted by Crippen LogP contribution is -2.39. The van der Waals surface area contributed by atoms with Crippen LogP contribution in [-0.2, 0) is 19.9 Å². The fourth-order valence-electron chi connectivity index (χ4n) is 5.28. The van der Waals surface area contributed by atoms with Crippen LogP contribution in [0.25, 0.3) is 0 Å². The summed E-state index contributed by atoms with van der Waals surface area (Å²) in [5, 5.41) is 18.5. The fourth-order valence-corrected chi connectivity index (χ4v) is 5.28. The molecular weight excluding hydrogens is 546 g/mol. The molecule has 1 amide bonds. The molecule has 43 heavy (non-hydrogen) atoms. The summed E-state index contributed by atoms with van der Waals surface area (Å²) in [5.41, 5.74) is 1.78. The largest absolute Gasteiger partial charge is 0.497 e. The Balaban J connectivity index is 1.76. The van der Waals surface area contributed by atoms with Gasteiger partial charge in [-0.3, -0.25) is 9.59 Å². The first-order valence-corrected chi connectivity index (χ1v) is 15.0. The summed E-state index contributed by atoms with van der Waals surface area (Å²) in [7, 11) is 3.27. The standard InChI is InChI=1S/C35H45NO7/c1-41-31-20-16-29(17-21-31)35(28-12-8-7-9-13-28,30-18-22-32(42-2)23-19-30)43-27-25-36(24-26-37)33(38)14-10-5-3-4-6-11-15-34(39)40/h7-9,12-13,16-23,37H,3-6,10-11,14-15,24-27H2,1-2H3,(H,39,40). The Hall–Kier alpha value is -3.88. The van der Waals surface area contributed by atoms with Crippen LogP contribution >= 0.6 is 0 Å². The van der Waals surface area contributed by atoms with E-state index in [4.69, 9.17) is 19.3 Å². The minimum atomic E-state index is -0.978.